The number of nitrogens with one attached hydrogen (secondary N) is 1. The van der Waals surface area contributed by atoms with Crippen LogP contribution in [0.15, 0.2) is 48.5 Å². The number of hydrogen-bond acceptors (Lipinski definition) is 2. The van der Waals surface area contributed by atoms with Gasteiger partial charge in [-0.2, -0.15) is 0 Å². The molecule has 2 aromatic carbocycles. The van der Waals surface area contributed by atoms with Gasteiger partial charge in [-0.15, -0.1) is 0 Å². The molecule has 0 atom stereocenters. The number of carbonyl (C=O) groups is 2. The lowest BCUT2D eigenvalue weighted by Gasteiger charge is -2.17. The number of benzene rings is 2. The largest absolute Gasteiger partial charge is 0.343 e. The molecular weight excluding hydrogens is 319 g/mol. The summed E-state index contributed by atoms with van der Waals surface area (Å²) in [6.07, 6.45) is 0. The minimum atomic E-state index is -0.422. The monoisotopic (exact) mass is 334 g/mol. The lowest BCUT2D eigenvalue weighted by Crippen LogP contribution is -2.37. The zero-order valence-electron chi connectivity index (χ0n) is 12.6. The van der Waals surface area contributed by atoms with Gasteiger partial charge in [0.15, 0.2) is 0 Å². The molecule has 2 aromatic rings. The molecule has 120 valence electrons. The summed E-state index contributed by atoms with van der Waals surface area (Å²) < 4.78 is 12.8. The van der Waals surface area contributed by atoms with Crippen LogP contribution < -0.4 is 5.32 Å². The third-order valence-electron chi connectivity index (χ3n) is 3.24. The Balaban J connectivity index is 1.86. The molecule has 0 aliphatic rings. The molecule has 0 bridgehead atoms. The van der Waals surface area contributed by atoms with Crippen LogP contribution in [0.1, 0.15) is 15.9 Å². The SMILES string of the molecule is CN(Cc1cccc(Cl)c1)C(=O)CNC(=O)c1ccc(F)cc1. The Bertz CT molecular complexity index is 704. The fourth-order valence-electron chi connectivity index (χ4n) is 1.99. The van der Waals surface area contributed by atoms with Crippen molar-refractivity contribution in [1.82, 2.24) is 10.2 Å². The van der Waals surface area contributed by atoms with Crippen LogP contribution in [0.5, 0.6) is 0 Å². The molecule has 23 heavy (non-hydrogen) atoms. The molecule has 0 unspecified atom stereocenters. The Labute approximate surface area is 138 Å². The molecule has 0 fully saturated rings. The van der Waals surface area contributed by atoms with Crippen LogP contribution in [0.4, 0.5) is 4.39 Å². The quantitative estimate of drug-likeness (QED) is 0.914. The first-order chi connectivity index (χ1) is 11.0. The van der Waals surface area contributed by atoms with Crippen LogP contribution in [0, 0.1) is 5.82 Å². The maximum Gasteiger partial charge on any atom is 0.251 e. The van der Waals surface area contributed by atoms with Crippen LogP contribution in [-0.2, 0) is 11.3 Å². The van der Waals surface area contributed by atoms with Crippen molar-refractivity contribution in [2.75, 3.05) is 13.6 Å². The van der Waals surface area contributed by atoms with Gasteiger partial charge in [-0.25, -0.2) is 4.39 Å². The van der Waals surface area contributed by atoms with E-state index in [9.17, 15) is 14.0 Å². The Morgan fingerprint density at radius 3 is 2.52 bits per heavy atom. The summed E-state index contributed by atoms with van der Waals surface area (Å²) in [6.45, 7) is 0.263. The average Bonchev–Trinajstić information content (AvgIpc) is 2.53. The number of nitrogens with zero attached hydrogens (tertiary/aromatic N) is 1. The lowest BCUT2D eigenvalue weighted by molar-refractivity contribution is -0.129. The van der Waals surface area contributed by atoms with Crippen LogP contribution >= 0.6 is 11.6 Å². The highest BCUT2D eigenvalue weighted by Crippen LogP contribution is 2.12. The number of likely N-dealkylation sites (N-methyl/N-ethyl adjacent to an activating group) is 1. The van der Waals surface area contributed by atoms with Crippen molar-refractivity contribution in [3.63, 3.8) is 0 Å². The summed E-state index contributed by atoms with van der Waals surface area (Å²) in [5.41, 5.74) is 1.20. The summed E-state index contributed by atoms with van der Waals surface area (Å²) in [5.74, 6) is -1.08. The van der Waals surface area contributed by atoms with Gasteiger partial charge in [-0.1, -0.05) is 23.7 Å². The molecule has 4 nitrogen and oxygen atoms in total. The fraction of sp³-hybridized carbons (Fsp3) is 0.176. The molecule has 0 aliphatic heterocycles. The smallest absolute Gasteiger partial charge is 0.251 e. The molecule has 2 rings (SSSR count). The van der Waals surface area contributed by atoms with Crippen LogP contribution in [0.2, 0.25) is 5.02 Å². The molecule has 0 saturated heterocycles. The van der Waals surface area contributed by atoms with Gasteiger partial charge in [-0.3, -0.25) is 9.59 Å². The van der Waals surface area contributed by atoms with Gasteiger partial charge in [0.1, 0.15) is 5.82 Å². The number of halogens is 2. The average molecular weight is 335 g/mol. The van der Waals surface area contributed by atoms with E-state index in [0.717, 1.165) is 5.56 Å². The lowest BCUT2D eigenvalue weighted by atomic mass is 10.2. The predicted octanol–water partition coefficient (Wildman–Crippen LogP) is 2.87. The number of rotatable bonds is 5. The Hall–Kier alpha value is -2.40. The molecule has 0 radical (unpaired) electrons. The third-order valence-corrected chi connectivity index (χ3v) is 3.48. The third kappa shape index (κ3) is 5.07. The maximum absolute atomic E-state index is 12.8. The van der Waals surface area contributed by atoms with E-state index in [4.69, 9.17) is 11.6 Å². The van der Waals surface area contributed by atoms with Crippen molar-refractivity contribution in [1.29, 1.82) is 0 Å². The zero-order chi connectivity index (χ0) is 16.8. The first-order valence-electron chi connectivity index (χ1n) is 6.98. The molecule has 0 aromatic heterocycles. The van der Waals surface area contributed by atoms with Crippen molar-refractivity contribution < 1.29 is 14.0 Å². The van der Waals surface area contributed by atoms with Crippen molar-refractivity contribution in [2.24, 2.45) is 0 Å². The van der Waals surface area contributed by atoms with Gasteiger partial charge in [0.25, 0.3) is 5.91 Å². The zero-order valence-corrected chi connectivity index (χ0v) is 13.3. The molecule has 1 N–H and O–H groups in total. The van der Waals surface area contributed by atoms with Gasteiger partial charge in [0.2, 0.25) is 5.91 Å². The normalized spacial score (nSPS) is 10.2. The summed E-state index contributed by atoms with van der Waals surface area (Å²) in [4.78, 5) is 25.4. The van der Waals surface area contributed by atoms with E-state index >= 15 is 0 Å². The second kappa shape index (κ2) is 7.74. The van der Waals surface area contributed by atoms with Crippen LogP contribution in [-0.4, -0.2) is 30.3 Å². The van der Waals surface area contributed by atoms with Crippen LogP contribution in [0.25, 0.3) is 0 Å². The summed E-state index contributed by atoms with van der Waals surface area (Å²) in [5, 5.41) is 3.12. The Morgan fingerprint density at radius 2 is 1.87 bits per heavy atom. The topological polar surface area (TPSA) is 49.4 Å². The number of amides is 2. The van der Waals surface area contributed by atoms with E-state index < -0.39 is 11.7 Å². The van der Waals surface area contributed by atoms with Gasteiger partial charge < -0.3 is 10.2 Å². The molecule has 0 spiro atoms. The molecule has 2 amide bonds. The fourth-order valence-corrected chi connectivity index (χ4v) is 2.20. The standard InChI is InChI=1S/C17H16ClFN2O2/c1-21(11-12-3-2-4-14(18)9-12)16(22)10-20-17(23)13-5-7-15(19)8-6-13/h2-9H,10-11H2,1H3,(H,20,23). The van der Waals surface area contributed by atoms with Crippen molar-refractivity contribution >= 4 is 23.4 Å². The van der Waals surface area contributed by atoms with Gasteiger partial charge in [0, 0.05) is 24.2 Å². The van der Waals surface area contributed by atoms with Crippen LogP contribution in [0.3, 0.4) is 0 Å². The van der Waals surface area contributed by atoms with E-state index in [1.165, 1.54) is 29.2 Å². The van der Waals surface area contributed by atoms with E-state index in [1.807, 2.05) is 12.1 Å². The summed E-state index contributed by atoms with van der Waals surface area (Å²) in [6, 6.07) is 12.3. The highest BCUT2D eigenvalue weighted by molar-refractivity contribution is 6.30. The van der Waals surface area contributed by atoms with Gasteiger partial charge >= 0.3 is 0 Å². The second-order valence-electron chi connectivity index (χ2n) is 5.07. The molecular formula is C17H16ClFN2O2. The van der Waals surface area contributed by atoms with E-state index in [-0.39, 0.29) is 12.5 Å². The van der Waals surface area contributed by atoms with Crippen molar-refractivity contribution in [3.05, 3.63) is 70.5 Å². The molecule has 0 heterocycles. The first kappa shape index (κ1) is 17.0. The summed E-state index contributed by atoms with van der Waals surface area (Å²) in [7, 11) is 1.65. The predicted molar refractivity (Wildman–Crippen MR) is 86.7 cm³/mol. The molecule has 0 aliphatic carbocycles. The highest BCUT2D eigenvalue weighted by Gasteiger charge is 2.12. The van der Waals surface area contributed by atoms with E-state index in [1.54, 1.807) is 19.2 Å². The molecule has 6 heteroatoms. The Morgan fingerprint density at radius 1 is 1.17 bits per heavy atom. The Kier molecular flexibility index (Phi) is 5.71. The highest BCUT2D eigenvalue weighted by atomic mass is 35.5. The van der Waals surface area contributed by atoms with Crippen molar-refractivity contribution in [2.45, 2.75) is 6.54 Å². The minimum Gasteiger partial charge on any atom is -0.343 e. The maximum atomic E-state index is 12.8. The first-order valence-corrected chi connectivity index (χ1v) is 7.35. The van der Waals surface area contributed by atoms with Gasteiger partial charge in [0.05, 0.1) is 6.54 Å². The van der Waals surface area contributed by atoms with Gasteiger partial charge in [-0.05, 0) is 42.0 Å². The number of carbonyl (C=O) groups excluding carboxylic acids is 2. The second-order valence-corrected chi connectivity index (χ2v) is 5.51. The summed E-state index contributed by atoms with van der Waals surface area (Å²) >= 11 is 5.90. The number of hydrogen-bond donors (Lipinski definition) is 1. The van der Waals surface area contributed by atoms with E-state index in [2.05, 4.69) is 5.32 Å². The molecule has 0 saturated carbocycles. The van der Waals surface area contributed by atoms with E-state index in [0.29, 0.717) is 17.1 Å². The van der Waals surface area contributed by atoms with Crippen molar-refractivity contribution in [3.8, 4) is 0 Å². The minimum absolute atomic E-state index is 0.132.